The molecule has 7 N–H and O–H groups in total. The normalized spacial score (nSPS) is 14.1. The van der Waals surface area contributed by atoms with Crippen LogP contribution >= 0.6 is 11.6 Å². The van der Waals surface area contributed by atoms with Crippen molar-refractivity contribution in [3.05, 3.63) is 178 Å². The summed E-state index contributed by atoms with van der Waals surface area (Å²) in [5.74, 6) is 3.47. The van der Waals surface area contributed by atoms with Gasteiger partial charge in [0.1, 0.15) is 51.3 Å². The maximum Gasteiger partial charge on any atom is 0.412 e. The smallest absolute Gasteiger partial charge is 0.412 e. The fourth-order valence-electron chi connectivity index (χ4n) is 8.89. The average Bonchev–Trinajstić information content (AvgIpc) is 1.11. The minimum atomic E-state index is -0.978. The first-order valence-electron chi connectivity index (χ1n) is 31.3. The SMILES string of the molecule is CC(C)(C)OC(=O)N1CCC(N)CC1.CC(C)(C)OC(=O)N1CCC(NC(=O)Nc2ccc(Oc3ccccc3)cc2)CC1.CC(C)(C)OC(=O)N1CCC(NC(=O)Oc2ccc([N+](=O)[O-])cc2)CC1.Nc1ccc(Oc2ccccc2)cc1.O=C(Cl)Oc1ccc([N+](=O)[O-])cc1. The van der Waals surface area contributed by atoms with Crippen LogP contribution in [0.4, 0.5) is 51.5 Å². The number of nitro groups is 2. The second kappa shape index (κ2) is 37.6. The Labute approximate surface area is 569 Å². The van der Waals surface area contributed by atoms with E-state index in [1.165, 1.54) is 48.5 Å². The minimum absolute atomic E-state index is 0.0179. The lowest BCUT2D eigenvalue weighted by atomic mass is 10.1. The number of nitrogen functional groups attached to an aromatic ring is 1. The van der Waals surface area contributed by atoms with Gasteiger partial charge in [-0.25, -0.2) is 28.8 Å². The number of hydrogen-bond acceptors (Lipinski definition) is 19. The van der Waals surface area contributed by atoms with Gasteiger partial charge in [0.05, 0.1) is 9.85 Å². The molecule has 522 valence electrons. The Balaban J connectivity index is 0.000000229. The molecule has 3 aliphatic rings. The van der Waals surface area contributed by atoms with Crippen LogP contribution in [0, 0.1) is 20.2 Å². The van der Waals surface area contributed by atoms with E-state index in [0.717, 1.165) is 48.9 Å². The Morgan fingerprint density at radius 3 is 1.12 bits per heavy atom. The van der Waals surface area contributed by atoms with Crippen molar-refractivity contribution in [1.29, 1.82) is 0 Å². The molecule has 3 heterocycles. The van der Waals surface area contributed by atoms with E-state index < -0.39 is 38.2 Å². The molecule has 0 bridgehead atoms. The molecular formula is C69H87ClN10O17. The number of piperidine rings is 3. The number of hydrogen-bond donors (Lipinski definition) is 5. The third-order valence-corrected chi connectivity index (χ3v) is 13.7. The summed E-state index contributed by atoms with van der Waals surface area (Å²) < 4.78 is 36.9. The van der Waals surface area contributed by atoms with Gasteiger partial charge < -0.3 is 75.3 Å². The quantitative estimate of drug-likeness (QED) is 0.0264. The first-order chi connectivity index (χ1) is 45.7. The maximum absolute atomic E-state index is 12.3. The summed E-state index contributed by atoms with van der Waals surface area (Å²) in [5.41, 5.74) is 10.1. The van der Waals surface area contributed by atoms with Crippen molar-refractivity contribution in [3.8, 4) is 34.5 Å². The van der Waals surface area contributed by atoms with E-state index in [0.29, 0.717) is 63.3 Å². The van der Waals surface area contributed by atoms with Crippen molar-refractivity contribution < 1.29 is 71.8 Å². The molecule has 3 fully saturated rings. The number of para-hydroxylation sites is 2. The molecule has 0 radical (unpaired) electrons. The number of halogens is 1. The fraction of sp³-hybridized carbons (Fsp3) is 0.391. The number of nitrogens with one attached hydrogen (secondary N) is 3. The molecule has 3 saturated heterocycles. The molecule has 0 saturated carbocycles. The number of nitro benzene ring substituents is 2. The summed E-state index contributed by atoms with van der Waals surface area (Å²) in [4.78, 5) is 94.9. The van der Waals surface area contributed by atoms with Crippen molar-refractivity contribution in [3.63, 3.8) is 0 Å². The van der Waals surface area contributed by atoms with Crippen LogP contribution in [0.25, 0.3) is 0 Å². The molecule has 0 unspecified atom stereocenters. The van der Waals surface area contributed by atoms with Gasteiger partial charge >= 0.3 is 35.8 Å². The topological polar surface area (TPSA) is 351 Å². The van der Waals surface area contributed by atoms with Gasteiger partial charge in [-0.3, -0.25) is 20.2 Å². The summed E-state index contributed by atoms with van der Waals surface area (Å²) in [5, 5.41) is 29.3. The Morgan fingerprint density at radius 2 is 0.773 bits per heavy atom. The highest BCUT2D eigenvalue weighted by Crippen LogP contribution is 2.26. The number of rotatable bonds is 11. The first-order valence-corrected chi connectivity index (χ1v) is 31.7. The number of ether oxygens (including phenoxy) is 7. The van der Waals surface area contributed by atoms with E-state index in [1.54, 1.807) is 26.8 Å². The van der Waals surface area contributed by atoms with Crippen LogP contribution in [-0.4, -0.2) is 135 Å². The van der Waals surface area contributed by atoms with Crippen LogP contribution in [0.2, 0.25) is 0 Å². The third kappa shape index (κ3) is 31.1. The third-order valence-electron chi connectivity index (χ3n) is 13.6. The summed E-state index contributed by atoms with van der Waals surface area (Å²) in [7, 11) is 0. The Bertz CT molecular complexity index is 3460. The van der Waals surface area contributed by atoms with Crippen molar-refractivity contribution in [1.82, 2.24) is 25.3 Å². The van der Waals surface area contributed by atoms with Gasteiger partial charge in [-0.2, -0.15) is 0 Å². The molecule has 0 aromatic heterocycles. The zero-order valence-electron chi connectivity index (χ0n) is 55.9. The van der Waals surface area contributed by atoms with Crippen LogP contribution in [0.5, 0.6) is 34.5 Å². The monoisotopic (exact) mass is 1360 g/mol. The lowest BCUT2D eigenvalue weighted by Crippen LogP contribution is -2.48. The molecular weight excluding hydrogens is 1280 g/mol. The molecule has 0 aliphatic carbocycles. The predicted octanol–water partition coefficient (Wildman–Crippen LogP) is 14.8. The van der Waals surface area contributed by atoms with Crippen molar-refractivity contribution in [2.75, 3.05) is 50.3 Å². The van der Waals surface area contributed by atoms with E-state index in [1.807, 2.05) is 159 Å². The predicted molar refractivity (Wildman–Crippen MR) is 366 cm³/mol. The number of carbonyl (C=O) groups excluding carboxylic acids is 6. The molecule has 0 atom stereocenters. The molecule has 6 aromatic rings. The Morgan fingerprint density at radius 1 is 0.454 bits per heavy atom. The summed E-state index contributed by atoms with van der Waals surface area (Å²) in [6, 6.07) is 43.9. The zero-order valence-corrected chi connectivity index (χ0v) is 56.7. The van der Waals surface area contributed by atoms with Crippen LogP contribution in [0.1, 0.15) is 101 Å². The number of urea groups is 1. The first kappa shape index (κ1) is 77.3. The van der Waals surface area contributed by atoms with Crippen LogP contribution in [0.3, 0.4) is 0 Å². The van der Waals surface area contributed by atoms with Crippen LogP contribution in [-0.2, 0) is 14.2 Å². The molecule has 6 amide bonds. The standard InChI is InChI=1S/C23H29N3O4.C17H23N3O6.C12H11NO.C10H20N2O2.C7H4ClNO4/c1-23(2,3)30-22(28)26-15-13-18(14-16-26)25-21(27)24-17-9-11-20(12-10-17)29-19-7-5-4-6-8-19;1-17(2,3)26-16(22)19-10-8-12(9-11-19)18-15(21)25-14-6-4-13(5-7-14)20(23)24;13-10-6-8-12(9-7-10)14-11-4-2-1-3-5-11;1-10(2,3)14-9(13)12-6-4-8(11)5-7-12;8-7(10)13-6-3-1-5(2-4-6)9(11)12/h4-12,18H,13-16H2,1-3H3,(H2,24,25,27);4-7,12H,8-11H2,1-3H3,(H,18,21);1-9H,13H2;8H,4-7,11H2,1-3H3;1-4H. The largest absolute Gasteiger partial charge is 0.457 e. The molecule has 3 aliphatic heterocycles. The van der Waals surface area contributed by atoms with Gasteiger partial charge in [-0.1, -0.05) is 36.4 Å². The summed E-state index contributed by atoms with van der Waals surface area (Å²) >= 11 is 4.92. The van der Waals surface area contributed by atoms with Gasteiger partial charge in [0, 0.05) is 105 Å². The summed E-state index contributed by atoms with van der Waals surface area (Å²) in [6.07, 6.45) is 2.81. The lowest BCUT2D eigenvalue weighted by Gasteiger charge is -2.33. The number of non-ortho nitro benzene ring substituents is 2. The van der Waals surface area contributed by atoms with Gasteiger partial charge in [0.25, 0.3) is 11.4 Å². The zero-order chi connectivity index (χ0) is 71.3. The maximum atomic E-state index is 12.3. The van der Waals surface area contributed by atoms with Crippen molar-refractivity contribution in [2.24, 2.45) is 5.73 Å². The molecule has 6 aromatic carbocycles. The van der Waals surface area contributed by atoms with E-state index in [2.05, 4.69) is 20.7 Å². The van der Waals surface area contributed by atoms with E-state index >= 15 is 0 Å². The Kier molecular flexibility index (Phi) is 30.0. The molecule has 0 spiro atoms. The average molecular weight is 1360 g/mol. The minimum Gasteiger partial charge on any atom is -0.457 e. The van der Waals surface area contributed by atoms with Crippen LogP contribution < -0.4 is 46.4 Å². The highest BCUT2D eigenvalue weighted by molar-refractivity contribution is 6.61. The van der Waals surface area contributed by atoms with Gasteiger partial charge in [0.15, 0.2) is 0 Å². The van der Waals surface area contributed by atoms with Crippen molar-refractivity contribution in [2.45, 2.75) is 136 Å². The van der Waals surface area contributed by atoms with Gasteiger partial charge in [0.2, 0.25) is 0 Å². The molecule has 97 heavy (non-hydrogen) atoms. The second-order valence-corrected chi connectivity index (χ2v) is 25.5. The number of benzene rings is 6. The summed E-state index contributed by atoms with van der Waals surface area (Å²) in [6.45, 7) is 20.1. The molecule has 28 heteroatoms. The lowest BCUT2D eigenvalue weighted by molar-refractivity contribution is -0.385. The number of likely N-dealkylation sites (tertiary alicyclic amines) is 3. The van der Waals surface area contributed by atoms with Gasteiger partial charge in [-0.15, -0.1) is 0 Å². The number of anilines is 2. The van der Waals surface area contributed by atoms with Gasteiger partial charge in [-0.05, 0) is 198 Å². The fourth-order valence-corrected chi connectivity index (χ4v) is 8.97. The van der Waals surface area contributed by atoms with E-state index in [-0.39, 0.29) is 65.3 Å². The molecule has 9 rings (SSSR count). The Hall–Kier alpha value is -10.4. The van der Waals surface area contributed by atoms with E-state index in [9.17, 15) is 49.0 Å². The number of nitrogens with two attached hydrogens (primary N) is 2. The highest BCUT2D eigenvalue weighted by Gasteiger charge is 2.30. The number of nitrogens with zero attached hydrogens (tertiary/aromatic N) is 5. The molecule has 27 nitrogen and oxygen atoms in total. The second-order valence-electron chi connectivity index (χ2n) is 25.2. The number of amides is 6. The number of carbonyl (C=O) groups is 6. The highest BCUT2D eigenvalue weighted by atomic mass is 35.5. The van der Waals surface area contributed by atoms with E-state index in [4.69, 9.17) is 51.5 Å². The van der Waals surface area contributed by atoms with Crippen LogP contribution in [0.15, 0.2) is 158 Å². The van der Waals surface area contributed by atoms with Crippen molar-refractivity contribution >= 4 is 70.2 Å².